The fraction of sp³-hybridized carbons (Fsp3) is 0.581. The first-order valence-electron chi connectivity index (χ1n) is 14.0. The molecule has 2 aliphatic carbocycles. The number of carbonyl (C=O) groups is 3. The lowest BCUT2D eigenvalue weighted by atomic mass is 9.61. The maximum absolute atomic E-state index is 15.3. The van der Waals surface area contributed by atoms with Gasteiger partial charge in [0.25, 0.3) is 0 Å². The van der Waals surface area contributed by atoms with E-state index in [-0.39, 0.29) is 58.1 Å². The Labute approximate surface area is 224 Å². The molecular formula is C31H38N2O5. The molecule has 0 aromatic heterocycles. The van der Waals surface area contributed by atoms with Gasteiger partial charge in [-0.3, -0.25) is 9.59 Å². The Kier molecular flexibility index (Phi) is 5.28. The fourth-order valence-electron chi connectivity index (χ4n) is 8.28. The zero-order chi connectivity index (χ0) is 27.3. The van der Waals surface area contributed by atoms with E-state index in [0.717, 1.165) is 49.8 Å². The number of fused-ring (bicyclic) bond motifs is 3. The zero-order valence-corrected chi connectivity index (χ0v) is 23.2. The Bertz CT molecular complexity index is 1340. The highest BCUT2D eigenvalue weighted by Crippen LogP contribution is 2.64. The molecule has 7 heteroatoms. The maximum Gasteiger partial charge on any atom is 0.341 e. The summed E-state index contributed by atoms with van der Waals surface area (Å²) in [5, 5.41) is 0. The van der Waals surface area contributed by atoms with Gasteiger partial charge >= 0.3 is 5.97 Å². The summed E-state index contributed by atoms with van der Waals surface area (Å²) in [4.78, 5) is 45.0. The number of para-hydroxylation sites is 1. The van der Waals surface area contributed by atoms with Crippen LogP contribution in [0.3, 0.4) is 0 Å². The molecule has 2 N–H and O–H groups in total. The molecule has 1 atom stereocenters. The quantitative estimate of drug-likeness (QED) is 0.550. The van der Waals surface area contributed by atoms with E-state index in [1.54, 1.807) is 6.92 Å². The minimum absolute atomic E-state index is 0.0530. The standard InChI is InChI=1S/C31H38N2O5/c1-6-37-26(35)23-25(32)38-21-16-28(2,3)15-20(34)22(21)31(23)19-12-10-11-18-24(19)33(27(31)36)30(17-29(18,4)5)13-8-7-9-14-30/h10-12H,6-9,13-17,32H2,1-5H3/t31-/m1/s1. The van der Waals surface area contributed by atoms with Gasteiger partial charge in [0.05, 0.1) is 17.9 Å². The SMILES string of the molecule is CCOC(=O)C1=C(N)OC2=C(C(=O)CC(C)(C)C2)[C@@]12C(=O)N1c3c(cccc32)C(C)(C)CC12CCCCC2. The lowest BCUT2D eigenvalue weighted by Gasteiger charge is -2.54. The summed E-state index contributed by atoms with van der Waals surface area (Å²) in [7, 11) is 0. The Balaban J connectivity index is 1.72. The first kappa shape index (κ1) is 25.2. The largest absolute Gasteiger partial charge is 0.462 e. The maximum atomic E-state index is 15.3. The highest BCUT2D eigenvalue weighted by atomic mass is 16.5. The molecular weight excluding hydrogens is 480 g/mol. The van der Waals surface area contributed by atoms with Crippen LogP contribution in [0, 0.1) is 5.41 Å². The third-order valence-electron chi connectivity index (χ3n) is 9.49. The van der Waals surface area contributed by atoms with E-state index in [9.17, 15) is 9.59 Å². The van der Waals surface area contributed by atoms with Crippen LogP contribution in [0.1, 0.15) is 97.1 Å². The van der Waals surface area contributed by atoms with Crippen LogP contribution in [0.5, 0.6) is 0 Å². The lowest BCUT2D eigenvalue weighted by Crippen LogP contribution is -2.61. The van der Waals surface area contributed by atoms with Gasteiger partial charge in [-0.25, -0.2) is 4.79 Å². The van der Waals surface area contributed by atoms with Crippen molar-refractivity contribution in [2.24, 2.45) is 11.1 Å². The topological polar surface area (TPSA) is 98.9 Å². The molecule has 1 aromatic rings. The summed E-state index contributed by atoms with van der Waals surface area (Å²) in [5.41, 5.74) is 6.72. The number of benzene rings is 1. The second-order valence-corrected chi connectivity index (χ2v) is 13.2. The van der Waals surface area contributed by atoms with Crippen LogP contribution < -0.4 is 10.6 Å². The number of nitrogens with zero attached hydrogens (tertiary/aromatic N) is 1. The summed E-state index contributed by atoms with van der Waals surface area (Å²) in [5.74, 6) is -0.882. The summed E-state index contributed by atoms with van der Waals surface area (Å²) in [6.07, 6.45) is 6.54. The van der Waals surface area contributed by atoms with Crippen LogP contribution in [0.2, 0.25) is 0 Å². The van der Waals surface area contributed by atoms with Crippen molar-refractivity contribution in [3.05, 3.63) is 52.1 Å². The molecule has 3 heterocycles. The van der Waals surface area contributed by atoms with E-state index >= 15 is 4.79 Å². The van der Waals surface area contributed by atoms with Gasteiger partial charge in [-0.1, -0.05) is 65.2 Å². The molecule has 2 spiro atoms. The number of hydrogen-bond donors (Lipinski definition) is 1. The Morgan fingerprint density at radius 2 is 1.74 bits per heavy atom. The first-order valence-corrected chi connectivity index (χ1v) is 14.0. The summed E-state index contributed by atoms with van der Waals surface area (Å²) >= 11 is 0. The van der Waals surface area contributed by atoms with Gasteiger partial charge in [0.15, 0.2) is 5.78 Å². The number of allylic oxidation sites excluding steroid dienone is 1. The van der Waals surface area contributed by atoms with Crippen LogP contribution >= 0.6 is 0 Å². The molecule has 1 aromatic carbocycles. The lowest BCUT2D eigenvalue weighted by molar-refractivity contribution is -0.141. The molecule has 6 rings (SSSR count). The first-order chi connectivity index (χ1) is 17.9. The van der Waals surface area contributed by atoms with E-state index in [4.69, 9.17) is 15.2 Å². The number of ether oxygens (including phenoxy) is 2. The van der Waals surface area contributed by atoms with Crippen LogP contribution in [0.25, 0.3) is 0 Å². The van der Waals surface area contributed by atoms with E-state index in [1.165, 1.54) is 0 Å². The molecule has 0 radical (unpaired) electrons. The summed E-state index contributed by atoms with van der Waals surface area (Å²) in [6.45, 7) is 10.3. The highest BCUT2D eigenvalue weighted by molar-refractivity contribution is 6.24. The van der Waals surface area contributed by atoms with Crippen molar-refractivity contribution in [1.82, 2.24) is 0 Å². The number of rotatable bonds is 2. The highest BCUT2D eigenvalue weighted by Gasteiger charge is 2.69. The smallest absolute Gasteiger partial charge is 0.341 e. The van der Waals surface area contributed by atoms with Gasteiger partial charge < -0.3 is 20.1 Å². The van der Waals surface area contributed by atoms with Crippen molar-refractivity contribution >= 4 is 23.3 Å². The molecule has 1 fully saturated rings. The van der Waals surface area contributed by atoms with Gasteiger partial charge in [-0.15, -0.1) is 0 Å². The minimum atomic E-state index is -1.67. The number of anilines is 1. The number of amides is 1. The van der Waals surface area contributed by atoms with Crippen molar-refractivity contribution in [3.8, 4) is 0 Å². The average molecular weight is 519 g/mol. The third-order valence-corrected chi connectivity index (χ3v) is 9.49. The van der Waals surface area contributed by atoms with Crippen LogP contribution in [0.4, 0.5) is 5.69 Å². The molecule has 0 unspecified atom stereocenters. The monoisotopic (exact) mass is 518 g/mol. The van der Waals surface area contributed by atoms with Gasteiger partial charge in [-0.05, 0) is 42.6 Å². The molecule has 0 bridgehead atoms. The van der Waals surface area contributed by atoms with Gasteiger partial charge in [0.2, 0.25) is 11.8 Å². The zero-order valence-electron chi connectivity index (χ0n) is 23.2. The van der Waals surface area contributed by atoms with Crippen molar-refractivity contribution in [2.75, 3.05) is 11.5 Å². The van der Waals surface area contributed by atoms with Crippen LogP contribution in [-0.2, 0) is 34.7 Å². The molecule has 7 nitrogen and oxygen atoms in total. The third kappa shape index (κ3) is 3.10. The molecule has 38 heavy (non-hydrogen) atoms. The molecule has 0 saturated heterocycles. The van der Waals surface area contributed by atoms with E-state index < -0.39 is 11.4 Å². The van der Waals surface area contributed by atoms with E-state index in [0.29, 0.717) is 17.7 Å². The second kappa shape index (κ2) is 7.96. The number of hydrogen-bond acceptors (Lipinski definition) is 6. The Morgan fingerprint density at radius 1 is 1.05 bits per heavy atom. The van der Waals surface area contributed by atoms with Crippen molar-refractivity contribution in [2.45, 2.75) is 102 Å². The normalized spacial score (nSPS) is 28.4. The number of Topliss-reactive ketones (excluding diaryl/α,β-unsaturated/α-hetero) is 1. The number of esters is 1. The van der Waals surface area contributed by atoms with Gasteiger partial charge in [-0.2, -0.15) is 0 Å². The minimum Gasteiger partial charge on any atom is -0.462 e. The van der Waals surface area contributed by atoms with Gasteiger partial charge in [0, 0.05) is 23.9 Å². The van der Waals surface area contributed by atoms with E-state index in [1.807, 2.05) is 30.9 Å². The summed E-state index contributed by atoms with van der Waals surface area (Å²) < 4.78 is 11.6. The Hall–Kier alpha value is -3.09. The predicted octanol–water partition coefficient (Wildman–Crippen LogP) is 5.06. The van der Waals surface area contributed by atoms with Crippen LogP contribution in [-0.4, -0.2) is 29.8 Å². The van der Waals surface area contributed by atoms with Crippen LogP contribution in [0.15, 0.2) is 41.0 Å². The molecule has 1 amide bonds. The van der Waals surface area contributed by atoms with Crippen molar-refractivity contribution in [1.29, 1.82) is 0 Å². The molecule has 1 saturated carbocycles. The molecule has 202 valence electrons. The number of nitrogens with two attached hydrogens (primary N) is 1. The summed E-state index contributed by atoms with van der Waals surface area (Å²) in [6, 6.07) is 5.94. The average Bonchev–Trinajstić information content (AvgIpc) is 3.06. The predicted molar refractivity (Wildman–Crippen MR) is 143 cm³/mol. The number of ketones is 1. The Morgan fingerprint density at radius 3 is 2.42 bits per heavy atom. The van der Waals surface area contributed by atoms with E-state index in [2.05, 4.69) is 19.9 Å². The van der Waals surface area contributed by atoms with Crippen molar-refractivity contribution < 1.29 is 23.9 Å². The van der Waals surface area contributed by atoms with Crippen molar-refractivity contribution in [3.63, 3.8) is 0 Å². The molecule has 3 aliphatic heterocycles. The fourth-order valence-corrected chi connectivity index (χ4v) is 8.28. The number of carbonyl (C=O) groups excluding carboxylic acids is 3. The second-order valence-electron chi connectivity index (χ2n) is 13.2. The molecule has 5 aliphatic rings. The van der Waals surface area contributed by atoms with Gasteiger partial charge in [0.1, 0.15) is 16.7 Å².